The second-order valence-corrected chi connectivity index (χ2v) is 5.34. The van der Waals surface area contributed by atoms with E-state index >= 15 is 0 Å². The first-order valence-corrected chi connectivity index (χ1v) is 7.02. The molecule has 0 unspecified atom stereocenters. The number of nitrogens with zero attached hydrogens (tertiary/aromatic N) is 2. The molecule has 0 aliphatic carbocycles. The minimum Gasteiger partial charge on any atom is -0.466 e. The largest absolute Gasteiger partial charge is 0.466 e. The number of esters is 1. The number of hydrogen-bond acceptors (Lipinski definition) is 4. The molecule has 0 atom stereocenters. The van der Waals surface area contributed by atoms with E-state index in [1.54, 1.807) is 0 Å². The topological polar surface area (TPSA) is 56.2 Å². The summed E-state index contributed by atoms with van der Waals surface area (Å²) in [6, 6.07) is 0. The van der Waals surface area contributed by atoms with Crippen LogP contribution in [0.15, 0.2) is 12.5 Å². The van der Waals surface area contributed by atoms with Gasteiger partial charge in [0.15, 0.2) is 0 Å². The molecule has 2 rings (SSSR count). The second kappa shape index (κ2) is 6.19. The molecule has 1 fully saturated rings. The molecule has 1 aromatic heterocycles. The van der Waals surface area contributed by atoms with E-state index in [-0.39, 0.29) is 11.4 Å². The molecule has 1 aromatic rings. The third-order valence-corrected chi connectivity index (χ3v) is 3.90. The summed E-state index contributed by atoms with van der Waals surface area (Å²) in [6.45, 7) is 7.29. The Bertz CT molecular complexity index is 422. The molecule has 0 spiro atoms. The maximum atomic E-state index is 11.4. The van der Waals surface area contributed by atoms with Crippen molar-refractivity contribution >= 4 is 5.97 Å². The normalized spacial score (nSPS) is 18.2. The number of piperidine rings is 1. The van der Waals surface area contributed by atoms with Crippen LogP contribution in [0.25, 0.3) is 0 Å². The molecule has 0 bridgehead atoms. The number of aryl methyl sites for hydroxylation is 1. The molecule has 1 saturated heterocycles. The minimum absolute atomic E-state index is 0.141. The van der Waals surface area contributed by atoms with Gasteiger partial charge in [0.25, 0.3) is 0 Å². The first-order valence-electron chi connectivity index (χ1n) is 7.02. The highest BCUT2D eigenvalue weighted by Gasteiger charge is 2.31. The maximum absolute atomic E-state index is 11.4. The lowest BCUT2D eigenvalue weighted by molar-refractivity contribution is -0.143. The van der Waals surface area contributed by atoms with Crippen LogP contribution in [-0.2, 0) is 21.5 Å². The molecule has 0 radical (unpaired) electrons. The van der Waals surface area contributed by atoms with Crippen LogP contribution in [0.1, 0.15) is 38.8 Å². The van der Waals surface area contributed by atoms with E-state index in [2.05, 4.69) is 21.8 Å². The lowest BCUT2D eigenvalue weighted by atomic mass is 9.78. The minimum atomic E-state index is -0.141. The molecular formula is C14H23N3O2. The zero-order chi connectivity index (χ0) is 13.7. The lowest BCUT2D eigenvalue weighted by Gasteiger charge is -2.34. The van der Waals surface area contributed by atoms with Gasteiger partial charge in [-0.05, 0) is 32.9 Å². The Balaban J connectivity index is 2.02. The Morgan fingerprint density at radius 1 is 1.53 bits per heavy atom. The molecule has 1 aliphatic heterocycles. The SMILES string of the molecule is CCOC(=O)CCn1cncc1C1(C)CCNCC1. The summed E-state index contributed by atoms with van der Waals surface area (Å²) >= 11 is 0. The van der Waals surface area contributed by atoms with Gasteiger partial charge < -0.3 is 14.6 Å². The smallest absolute Gasteiger partial charge is 0.307 e. The van der Waals surface area contributed by atoms with E-state index in [4.69, 9.17) is 4.74 Å². The van der Waals surface area contributed by atoms with E-state index < -0.39 is 0 Å². The number of carbonyl (C=O) groups excluding carboxylic acids is 1. The van der Waals surface area contributed by atoms with Gasteiger partial charge in [-0.3, -0.25) is 4.79 Å². The summed E-state index contributed by atoms with van der Waals surface area (Å²) in [5, 5.41) is 3.38. The first-order chi connectivity index (χ1) is 9.15. The molecule has 5 heteroatoms. The van der Waals surface area contributed by atoms with Gasteiger partial charge in [0.2, 0.25) is 0 Å². The van der Waals surface area contributed by atoms with Gasteiger partial charge in [-0.25, -0.2) is 4.98 Å². The lowest BCUT2D eigenvalue weighted by Crippen LogP contribution is -2.39. The molecule has 1 N–H and O–H groups in total. The zero-order valence-corrected chi connectivity index (χ0v) is 11.8. The average molecular weight is 265 g/mol. The van der Waals surface area contributed by atoms with Crippen LogP contribution in [-0.4, -0.2) is 35.2 Å². The molecule has 0 saturated carbocycles. The van der Waals surface area contributed by atoms with Gasteiger partial charge in [0.05, 0.1) is 19.4 Å². The number of nitrogens with one attached hydrogen (secondary N) is 1. The molecular weight excluding hydrogens is 242 g/mol. The number of imidazole rings is 1. The van der Waals surface area contributed by atoms with E-state index in [1.165, 1.54) is 5.69 Å². The molecule has 1 aliphatic rings. The van der Waals surface area contributed by atoms with E-state index in [9.17, 15) is 4.79 Å². The Morgan fingerprint density at radius 3 is 2.95 bits per heavy atom. The van der Waals surface area contributed by atoms with Crippen molar-refractivity contribution in [2.24, 2.45) is 0 Å². The Morgan fingerprint density at radius 2 is 2.26 bits per heavy atom. The van der Waals surface area contributed by atoms with Crippen molar-refractivity contribution in [1.29, 1.82) is 0 Å². The van der Waals surface area contributed by atoms with Crippen LogP contribution in [0.5, 0.6) is 0 Å². The number of aromatic nitrogens is 2. The van der Waals surface area contributed by atoms with Gasteiger partial charge in [0, 0.05) is 23.9 Å². The van der Waals surface area contributed by atoms with Crippen molar-refractivity contribution in [2.45, 2.75) is 45.1 Å². The summed E-state index contributed by atoms with van der Waals surface area (Å²) in [7, 11) is 0. The number of carbonyl (C=O) groups is 1. The first kappa shape index (κ1) is 14.1. The van der Waals surface area contributed by atoms with Gasteiger partial charge in [-0.1, -0.05) is 6.92 Å². The number of rotatable bonds is 5. The fourth-order valence-electron chi connectivity index (χ4n) is 2.68. The molecule has 19 heavy (non-hydrogen) atoms. The van der Waals surface area contributed by atoms with Crippen LogP contribution in [0.2, 0.25) is 0 Å². The molecule has 0 amide bonds. The zero-order valence-electron chi connectivity index (χ0n) is 11.8. The highest BCUT2D eigenvalue weighted by molar-refractivity contribution is 5.69. The highest BCUT2D eigenvalue weighted by atomic mass is 16.5. The van der Waals surface area contributed by atoms with Crippen molar-refractivity contribution in [3.8, 4) is 0 Å². The van der Waals surface area contributed by atoms with E-state index in [0.717, 1.165) is 25.9 Å². The Labute approximate surface area is 114 Å². The van der Waals surface area contributed by atoms with Gasteiger partial charge >= 0.3 is 5.97 Å². The summed E-state index contributed by atoms with van der Waals surface area (Å²) in [6.07, 6.45) is 6.39. The molecule has 106 valence electrons. The monoisotopic (exact) mass is 265 g/mol. The average Bonchev–Trinajstić information content (AvgIpc) is 2.87. The van der Waals surface area contributed by atoms with Crippen LogP contribution in [0.4, 0.5) is 0 Å². The predicted molar refractivity (Wildman–Crippen MR) is 72.9 cm³/mol. The summed E-state index contributed by atoms with van der Waals surface area (Å²) < 4.78 is 7.07. The fraction of sp³-hybridized carbons (Fsp3) is 0.714. The van der Waals surface area contributed by atoms with Crippen molar-refractivity contribution in [2.75, 3.05) is 19.7 Å². The number of ether oxygens (including phenoxy) is 1. The van der Waals surface area contributed by atoms with Crippen LogP contribution in [0.3, 0.4) is 0 Å². The van der Waals surface area contributed by atoms with Crippen molar-refractivity contribution in [1.82, 2.24) is 14.9 Å². The predicted octanol–water partition coefficient (Wildman–Crippen LogP) is 1.48. The summed E-state index contributed by atoms with van der Waals surface area (Å²) in [4.78, 5) is 15.7. The van der Waals surface area contributed by atoms with Crippen LogP contribution >= 0.6 is 0 Å². The van der Waals surface area contributed by atoms with Gasteiger partial charge in [-0.2, -0.15) is 0 Å². The molecule has 2 heterocycles. The highest BCUT2D eigenvalue weighted by Crippen LogP contribution is 2.32. The summed E-state index contributed by atoms with van der Waals surface area (Å²) in [5.74, 6) is -0.141. The van der Waals surface area contributed by atoms with Crippen molar-refractivity contribution in [3.05, 3.63) is 18.2 Å². The van der Waals surface area contributed by atoms with Crippen molar-refractivity contribution in [3.63, 3.8) is 0 Å². The second-order valence-electron chi connectivity index (χ2n) is 5.34. The third-order valence-electron chi connectivity index (χ3n) is 3.90. The fourth-order valence-corrected chi connectivity index (χ4v) is 2.68. The number of hydrogen-bond donors (Lipinski definition) is 1. The van der Waals surface area contributed by atoms with E-state index in [0.29, 0.717) is 19.6 Å². The summed E-state index contributed by atoms with van der Waals surface area (Å²) in [5.41, 5.74) is 1.40. The Kier molecular flexibility index (Phi) is 4.58. The molecule has 5 nitrogen and oxygen atoms in total. The quantitative estimate of drug-likeness (QED) is 0.819. The Hall–Kier alpha value is -1.36. The third kappa shape index (κ3) is 3.35. The van der Waals surface area contributed by atoms with E-state index in [1.807, 2.05) is 19.4 Å². The van der Waals surface area contributed by atoms with Gasteiger partial charge in [0.1, 0.15) is 0 Å². The maximum Gasteiger partial charge on any atom is 0.307 e. The van der Waals surface area contributed by atoms with Gasteiger partial charge in [-0.15, -0.1) is 0 Å². The standard InChI is InChI=1S/C14H23N3O2/c1-3-19-13(18)4-9-17-11-16-10-12(17)14(2)5-7-15-8-6-14/h10-11,15H,3-9H2,1-2H3. The van der Waals surface area contributed by atoms with Crippen molar-refractivity contribution < 1.29 is 9.53 Å². The molecule has 0 aromatic carbocycles. The van der Waals surface area contributed by atoms with Crippen LogP contribution < -0.4 is 5.32 Å². The van der Waals surface area contributed by atoms with Crippen LogP contribution in [0, 0.1) is 0 Å².